The maximum absolute atomic E-state index is 13.8. The Hall–Kier alpha value is -3.66. The zero-order chi connectivity index (χ0) is 23.5. The number of rotatable bonds is 7. The van der Waals surface area contributed by atoms with Crippen molar-refractivity contribution >= 4 is 28.8 Å². The summed E-state index contributed by atoms with van der Waals surface area (Å²) in [5.74, 6) is -0.589. The molecule has 0 saturated heterocycles. The highest BCUT2D eigenvalue weighted by Gasteiger charge is 2.42. The molecule has 3 aromatic carbocycles. The molecule has 0 bridgehead atoms. The van der Waals surface area contributed by atoms with Crippen LogP contribution < -0.4 is 9.80 Å². The van der Waals surface area contributed by atoms with E-state index in [2.05, 4.69) is 6.92 Å². The third-order valence-corrected chi connectivity index (χ3v) is 6.20. The molecular weight excluding hydrogens is 408 g/mol. The smallest absolute Gasteiger partial charge is 0.282 e. The zero-order valence-corrected chi connectivity index (χ0v) is 19.8. The Morgan fingerprint density at radius 3 is 2.18 bits per heavy atom. The zero-order valence-electron chi connectivity index (χ0n) is 19.8. The van der Waals surface area contributed by atoms with Gasteiger partial charge in [-0.2, -0.15) is 0 Å². The van der Waals surface area contributed by atoms with E-state index in [0.29, 0.717) is 17.0 Å². The molecule has 0 N–H and O–H groups in total. The predicted octanol–water partition coefficient (Wildman–Crippen LogP) is 6.07. The molecule has 0 saturated carbocycles. The highest BCUT2D eigenvalue weighted by atomic mass is 16.2. The summed E-state index contributed by atoms with van der Waals surface area (Å²) in [6.45, 7) is 6.18. The standard InChI is InChI=1S/C29H30N2O2/c1-5-6-10-22-14-16-24(17-15-22)31-28(32)26(25-18-13-20(2)19-21(25)3)27(29(31)33)30(4)23-11-8-7-9-12-23/h7-9,11-19H,5-6,10H2,1-4H3. The van der Waals surface area contributed by atoms with Gasteiger partial charge in [0.15, 0.2) is 0 Å². The summed E-state index contributed by atoms with van der Waals surface area (Å²) in [7, 11) is 1.84. The molecule has 0 unspecified atom stereocenters. The van der Waals surface area contributed by atoms with Gasteiger partial charge in [-0.15, -0.1) is 0 Å². The van der Waals surface area contributed by atoms with Crippen LogP contribution in [-0.2, 0) is 16.0 Å². The lowest BCUT2D eigenvalue weighted by molar-refractivity contribution is -0.120. The molecule has 0 aliphatic carbocycles. The van der Waals surface area contributed by atoms with Gasteiger partial charge in [-0.1, -0.05) is 67.4 Å². The molecule has 4 nitrogen and oxygen atoms in total. The second kappa shape index (κ2) is 9.45. The number of hydrogen-bond acceptors (Lipinski definition) is 3. The number of hydrogen-bond donors (Lipinski definition) is 0. The first-order valence-corrected chi connectivity index (χ1v) is 11.5. The summed E-state index contributed by atoms with van der Waals surface area (Å²) in [4.78, 5) is 30.7. The molecule has 0 radical (unpaired) electrons. The van der Waals surface area contributed by atoms with Crippen molar-refractivity contribution < 1.29 is 9.59 Å². The Morgan fingerprint density at radius 2 is 1.55 bits per heavy atom. The normalized spacial score (nSPS) is 13.8. The van der Waals surface area contributed by atoms with Gasteiger partial charge in [-0.3, -0.25) is 9.59 Å². The van der Waals surface area contributed by atoms with Crippen molar-refractivity contribution in [3.05, 3.63) is 101 Å². The maximum Gasteiger partial charge on any atom is 0.282 e. The van der Waals surface area contributed by atoms with Crippen molar-refractivity contribution in [1.29, 1.82) is 0 Å². The number of aryl methyl sites for hydroxylation is 3. The molecule has 2 amide bonds. The first kappa shape index (κ1) is 22.5. The average molecular weight is 439 g/mol. The van der Waals surface area contributed by atoms with Gasteiger partial charge in [0.2, 0.25) is 0 Å². The van der Waals surface area contributed by atoms with E-state index in [0.717, 1.165) is 41.6 Å². The van der Waals surface area contributed by atoms with E-state index in [1.807, 2.05) is 98.6 Å². The first-order valence-electron chi connectivity index (χ1n) is 11.5. The number of nitrogens with zero attached hydrogens (tertiary/aromatic N) is 2. The van der Waals surface area contributed by atoms with Crippen LogP contribution in [0.2, 0.25) is 0 Å². The van der Waals surface area contributed by atoms with Crippen LogP contribution in [0.25, 0.3) is 5.57 Å². The molecule has 4 heteroatoms. The second-order valence-electron chi connectivity index (χ2n) is 8.65. The van der Waals surface area contributed by atoms with Crippen molar-refractivity contribution in [2.24, 2.45) is 0 Å². The van der Waals surface area contributed by atoms with E-state index in [-0.39, 0.29) is 11.8 Å². The van der Waals surface area contributed by atoms with Gasteiger partial charge in [0, 0.05) is 12.7 Å². The Balaban J connectivity index is 1.81. The van der Waals surface area contributed by atoms with Crippen molar-refractivity contribution in [1.82, 2.24) is 0 Å². The fourth-order valence-electron chi connectivity index (χ4n) is 4.37. The highest BCUT2D eigenvalue weighted by molar-refractivity contribution is 6.46. The monoisotopic (exact) mass is 438 g/mol. The average Bonchev–Trinajstić information content (AvgIpc) is 3.08. The lowest BCUT2D eigenvalue weighted by Gasteiger charge is -2.22. The summed E-state index contributed by atoms with van der Waals surface area (Å²) < 4.78 is 0. The van der Waals surface area contributed by atoms with E-state index >= 15 is 0 Å². The van der Waals surface area contributed by atoms with Crippen LogP contribution in [0.3, 0.4) is 0 Å². The summed E-state index contributed by atoms with van der Waals surface area (Å²) in [5.41, 5.74) is 6.39. The van der Waals surface area contributed by atoms with E-state index in [9.17, 15) is 9.59 Å². The number of benzene rings is 3. The van der Waals surface area contributed by atoms with E-state index in [1.54, 1.807) is 0 Å². The van der Waals surface area contributed by atoms with Gasteiger partial charge in [-0.05, 0) is 67.6 Å². The molecule has 1 aliphatic rings. The van der Waals surface area contributed by atoms with Crippen molar-refractivity contribution in [2.45, 2.75) is 40.0 Å². The van der Waals surface area contributed by atoms with Crippen LogP contribution >= 0.6 is 0 Å². The minimum Gasteiger partial charge on any atom is -0.339 e. The second-order valence-corrected chi connectivity index (χ2v) is 8.65. The number of amides is 2. The Morgan fingerprint density at radius 1 is 0.848 bits per heavy atom. The Labute approximate surface area is 196 Å². The van der Waals surface area contributed by atoms with Crippen LogP contribution in [-0.4, -0.2) is 18.9 Å². The maximum atomic E-state index is 13.8. The van der Waals surface area contributed by atoms with Gasteiger partial charge >= 0.3 is 0 Å². The van der Waals surface area contributed by atoms with Gasteiger partial charge in [0.1, 0.15) is 5.70 Å². The molecular formula is C29H30N2O2. The van der Waals surface area contributed by atoms with Crippen LogP contribution in [0, 0.1) is 13.8 Å². The SMILES string of the molecule is CCCCc1ccc(N2C(=O)C(c3ccc(C)cc3C)=C(N(C)c3ccccc3)C2=O)cc1. The van der Waals surface area contributed by atoms with Gasteiger partial charge in [-0.25, -0.2) is 4.90 Å². The van der Waals surface area contributed by atoms with Crippen LogP contribution in [0.5, 0.6) is 0 Å². The molecule has 0 spiro atoms. The molecule has 3 aromatic rings. The fourth-order valence-corrected chi connectivity index (χ4v) is 4.37. The van der Waals surface area contributed by atoms with Crippen molar-refractivity contribution in [3.63, 3.8) is 0 Å². The summed E-state index contributed by atoms with van der Waals surface area (Å²) in [6, 6.07) is 23.4. The largest absolute Gasteiger partial charge is 0.339 e. The van der Waals surface area contributed by atoms with Crippen LogP contribution in [0.15, 0.2) is 78.5 Å². The molecule has 4 rings (SSSR count). The van der Waals surface area contributed by atoms with Crippen LogP contribution in [0.4, 0.5) is 11.4 Å². The minimum atomic E-state index is -0.303. The van der Waals surface area contributed by atoms with Crippen LogP contribution in [0.1, 0.15) is 42.0 Å². The molecule has 0 atom stereocenters. The molecule has 0 aromatic heterocycles. The molecule has 1 heterocycles. The van der Waals surface area contributed by atoms with Gasteiger partial charge in [0.05, 0.1) is 11.3 Å². The fraction of sp³-hybridized carbons (Fsp3) is 0.241. The number of unbranched alkanes of at least 4 members (excludes halogenated alkanes) is 1. The molecule has 1 aliphatic heterocycles. The first-order chi connectivity index (χ1) is 15.9. The number of anilines is 2. The number of carbonyl (C=O) groups excluding carboxylic acids is 2. The van der Waals surface area contributed by atoms with Crippen molar-refractivity contribution in [3.8, 4) is 0 Å². The number of likely N-dealkylation sites (N-methyl/N-ethyl adjacent to an activating group) is 1. The van der Waals surface area contributed by atoms with E-state index < -0.39 is 0 Å². The highest BCUT2D eigenvalue weighted by Crippen LogP contribution is 2.37. The summed E-state index contributed by atoms with van der Waals surface area (Å²) >= 11 is 0. The van der Waals surface area contributed by atoms with E-state index in [4.69, 9.17) is 0 Å². The minimum absolute atomic E-state index is 0.286. The lowest BCUT2D eigenvalue weighted by atomic mass is 9.97. The predicted molar refractivity (Wildman–Crippen MR) is 135 cm³/mol. The summed E-state index contributed by atoms with van der Waals surface area (Å²) in [6.07, 6.45) is 3.24. The Bertz CT molecular complexity index is 1210. The quantitative estimate of drug-likeness (QED) is 0.421. The molecule has 0 fully saturated rings. The molecule has 33 heavy (non-hydrogen) atoms. The lowest BCUT2D eigenvalue weighted by Crippen LogP contribution is -2.34. The number of para-hydroxylation sites is 1. The topological polar surface area (TPSA) is 40.6 Å². The Kier molecular flexibility index (Phi) is 6.45. The molecule has 168 valence electrons. The van der Waals surface area contributed by atoms with E-state index in [1.165, 1.54) is 10.5 Å². The number of carbonyl (C=O) groups is 2. The number of imide groups is 1. The van der Waals surface area contributed by atoms with Crippen molar-refractivity contribution in [2.75, 3.05) is 16.8 Å². The van der Waals surface area contributed by atoms with Gasteiger partial charge < -0.3 is 4.90 Å². The van der Waals surface area contributed by atoms with Gasteiger partial charge in [0.25, 0.3) is 11.8 Å². The third kappa shape index (κ3) is 4.34. The third-order valence-electron chi connectivity index (χ3n) is 6.20. The summed E-state index contributed by atoms with van der Waals surface area (Å²) in [5, 5.41) is 0.